The molecule has 0 saturated heterocycles. The monoisotopic (exact) mass is 451 g/mol. The van der Waals surface area contributed by atoms with E-state index in [1.807, 2.05) is 43.4 Å². The van der Waals surface area contributed by atoms with E-state index in [4.69, 9.17) is 4.98 Å². The van der Waals surface area contributed by atoms with Crippen LogP contribution >= 0.6 is 0 Å². The van der Waals surface area contributed by atoms with E-state index in [0.717, 1.165) is 47.2 Å². The number of hydrogen-bond donors (Lipinski definition) is 1. The summed E-state index contributed by atoms with van der Waals surface area (Å²) < 4.78 is 28.9. The molecule has 0 amide bonds. The lowest BCUT2D eigenvalue weighted by molar-refractivity contribution is 0.323. The first-order valence-corrected chi connectivity index (χ1v) is 12.3. The normalized spacial score (nSPS) is 14.8. The number of nitrogens with zero attached hydrogens (tertiary/aromatic N) is 4. The number of sulfonamides is 1. The third-order valence-corrected chi connectivity index (χ3v) is 8.23. The van der Waals surface area contributed by atoms with Crippen molar-refractivity contribution in [2.45, 2.75) is 50.8 Å². The van der Waals surface area contributed by atoms with Crippen molar-refractivity contribution in [1.82, 2.24) is 9.55 Å². The summed E-state index contributed by atoms with van der Waals surface area (Å²) in [6, 6.07) is 12.0. The fourth-order valence-electron chi connectivity index (χ4n) is 3.82. The summed E-state index contributed by atoms with van der Waals surface area (Å²) in [4.78, 5) is 6.71. The van der Waals surface area contributed by atoms with Gasteiger partial charge in [-0.1, -0.05) is 12.1 Å². The van der Waals surface area contributed by atoms with Crippen molar-refractivity contribution in [2.75, 3.05) is 23.7 Å². The Morgan fingerprint density at radius 2 is 1.84 bits per heavy atom. The Bertz CT molecular complexity index is 1310. The molecule has 8 heteroatoms. The number of aromatic nitrogens is 2. The maximum absolute atomic E-state index is 12.5. The molecular formula is C24H29N5O2S. The van der Waals surface area contributed by atoms with Gasteiger partial charge >= 0.3 is 0 Å². The first kappa shape index (κ1) is 22.2. The molecule has 0 unspecified atom stereocenters. The highest BCUT2D eigenvalue weighted by Crippen LogP contribution is 2.42. The molecule has 0 radical (unpaired) electrons. The lowest BCUT2D eigenvalue weighted by Crippen LogP contribution is -2.33. The zero-order chi connectivity index (χ0) is 23.3. The summed E-state index contributed by atoms with van der Waals surface area (Å²) in [5.74, 6) is 0. The van der Waals surface area contributed by atoms with Crippen molar-refractivity contribution in [2.24, 2.45) is 0 Å². The summed E-state index contributed by atoms with van der Waals surface area (Å²) in [6.07, 6.45) is 5.12. The molecule has 1 fully saturated rings. The van der Waals surface area contributed by atoms with E-state index in [0.29, 0.717) is 17.3 Å². The third kappa shape index (κ3) is 3.71. The average molecular weight is 452 g/mol. The first-order valence-electron chi connectivity index (χ1n) is 10.8. The van der Waals surface area contributed by atoms with Crippen molar-refractivity contribution in [3.63, 3.8) is 0 Å². The second kappa shape index (κ2) is 7.82. The number of pyridine rings is 1. The smallest absolute Gasteiger partial charge is 0.237 e. The summed E-state index contributed by atoms with van der Waals surface area (Å²) in [5, 5.41) is 10.9. The molecule has 168 valence electrons. The Labute approximate surface area is 189 Å². The topological polar surface area (TPSA) is 91.0 Å². The van der Waals surface area contributed by atoms with Crippen molar-refractivity contribution >= 4 is 32.4 Å². The van der Waals surface area contributed by atoms with Crippen molar-refractivity contribution in [1.29, 1.82) is 5.26 Å². The number of anilines is 2. The highest BCUT2D eigenvalue weighted by molar-refractivity contribution is 7.94. The molecule has 0 atom stereocenters. The van der Waals surface area contributed by atoms with Gasteiger partial charge in [0, 0.05) is 31.2 Å². The molecule has 7 nitrogen and oxygen atoms in total. The molecule has 1 N–H and O–H groups in total. The predicted molar refractivity (Wildman–Crippen MR) is 129 cm³/mol. The summed E-state index contributed by atoms with van der Waals surface area (Å²) in [6.45, 7) is 4.98. The SMILES string of the molecule is CN(C)c1cnc2c(c1)c(C#N)c(-c1ccc(NS(=O)(=O)C(C)(C)C)cc1)n2C1CCC1. The van der Waals surface area contributed by atoms with E-state index in [1.165, 1.54) is 0 Å². The summed E-state index contributed by atoms with van der Waals surface area (Å²) in [5.41, 5.74) is 4.59. The minimum absolute atomic E-state index is 0.311. The van der Waals surface area contributed by atoms with Crippen LogP contribution in [0, 0.1) is 11.3 Å². The molecular weight excluding hydrogens is 422 g/mol. The zero-order valence-electron chi connectivity index (χ0n) is 19.2. The molecule has 0 spiro atoms. The van der Waals surface area contributed by atoms with Crippen LogP contribution in [-0.4, -0.2) is 36.8 Å². The van der Waals surface area contributed by atoms with Crippen molar-refractivity contribution in [3.8, 4) is 17.3 Å². The molecule has 1 aromatic carbocycles. The molecule has 2 heterocycles. The number of benzene rings is 1. The minimum Gasteiger partial charge on any atom is -0.376 e. The van der Waals surface area contributed by atoms with Gasteiger partial charge in [0.05, 0.1) is 27.9 Å². The molecule has 3 aromatic rings. The minimum atomic E-state index is -3.51. The van der Waals surface area contributed by atoms with Crippen LogP contribution in [0.2, 0.25) is 0 Å². The summed E-state index contributed by atoms with van der Waals surface area (Å²) >= 11 is 0. The summed E-state index contributed by atoms with van der Waals surface area (Å²) in [7, 11) is 0.396. The van der Waals surface area contributed by atoms with Crippen LogP contribution in [0.15, 0.2) is 36.5 Å². The third-order valence-electron chi connectivity index (χ3n) is 6.11. The van der Waals surface area contributed by atoms with Crippen LogP contribution in [0.4, 0.5) is 11.4 Å². The van der Waals surface area contributed by atoms with Crippen molar-refractivity contribution < 1.29 is 8.42 Å². The number of nitrogens with one attached hydrogen (secondary N) is 1. The molecule has 4 rings (SSSR count). The number of hydrogen-bond acceptors (Lipinski definition) is 5. The van der Waals surface area contributed by atoms with E-state index in [-0.39, 0.29) is 0 Å². The van der Waals surface area contributed by atoms with Crippen molar-refractivity contribution in [3.05, 3.63) is 42.1 Å². The van der Waals surface area contributed by atoms with E-state index >= 15 is 0 Å². The lowest BCUT2D eigenvalue weighted by Gasteiger charge is -2.29. The Morgan fingerprint density at radius 3 is 2.34 bits per heavy atom. The average Bonchev–Trinajstić information content (AvgIpc) is 2.99. The molecule has 1 saturated carbocycles. The second-order valence-electron chi connectivity index (χ2n) is 9.54. The van der Waals surface area contributed by atoms with Gasteiger partial charge in [0.15, 0.2) is 0 Å². The van der Waals surface area contributed by atoms with E-state index in [1.54, 1.807) is 32.9 Å². The van der Waals surface area contributed by atoms with Gasteiger partial charge in [-0.2, -0.15) is 5.26 Å². The van der Waals surface area contributed by atoms with Crippen LogP contribution in [-0.2, 0) is 10.0 Å². The number of fused-ring (bicyclic) bond motifs is 1. The quantitative estimate of drug-likeness (QED) is 0.595. The van der Waals surface area contributed by atoms with Gasteiger partial charge in [0.1, 0.15) is 11.7 Å². The maximum Gasteiger partial charge on any atom is 0.237 e. The van der Waals surface area contributed by atoms with Gasteiger partial charge in [0.2, 0.25) is 10.0 Å². The molecule has 1 aliphatic rings. The van der Waals surface area contributed by atoms with Gasteiger partial charge in [-0.15, -0.1) is 0 Å². The van der Waals surface area contributed by atoms with Gasteiger partial charge in [-0.25, -0.2) is 13.4 Å². The fourth-order valence-corrected chi connectivity index (χ4v) is 4.57. The van der Waals surface area contributed by atoms with Crippen LogP contribution in [0.25, 0.3) is 22.3 Å². The Hall–Kier alpha value is -3.05. The highest BCUT2D eigenvalue weighted by Gasteiger charge is 2.30. The maximum atomic E-state index is 12.5. The molecule has 0 aliphatic heterocycles. The standard InChI is InChI=1S/C24H29N5O2S/c1-24(2,3)32(30,31)27-17-11-9-16(10-12-17)22-21(14-25)20-13-19(28(4)5)15-26-23(20)29(22)18-7-6-8-18/h9-13,15,18,27H,6-8H2,1-5H3. The van der Waals surface area contributed by atoms with Crippen LogP contribution < -0.4 is 9.62 Å². The number of nitriles is 1. The molecule has 2 aromatic heterocycles. The Kier molecular flexibility index (Phi) is 5.41. The van der Waals surface area contributed by atoms with E-state index in [9.17, 15) is 13.7 Å². The van der Waals surface area contributed by atoms with Gasteiger partial charge in [-0.3, -0.25) is 4.72 Å². The fraction of sp³-hybridized carbons (Fsp3) is 0.417. The van der Waals surface area contributed by atoms with Gasteiger partial charge < -0.3 is 9.47 Å². The van der Waals surface area contributed by atoms with E-state index in [2.05, 4.69) is 15.4 Å². The molecule has 0 bridgehead atoms. The van der Waals surface area contributed by atoms with Crippen LogP contribution in [0.1, 0.15) is 51.6 Å². The molecule has 1 aliphatic carbocycles. The molecule has 32 heavy (non-hydrogen) atoms. The Balaban J connectivity index is 1.84. The van der Waals surface area contributed by atoms with E-state index < -0.39 is 14.8 Å². The van der Waals surface area contributed by atoms with Gasteiger partial charge in [0.25, 0.3) is 0 Å². The number of rotatable bonds is 5. The second-order valence-corrected chi connectivity index (χ2v) is 12.0. The highest BCUT2D eigenvalue weighted by atomic mass is 32.2. The van der Waals surface area contributed by atoms with Crippen LogP contribution in [0.3, 0.4) is 0 Å². The first-order chi connectivity index (χ1) is 15.0. The zero-order valence-corrected chi connectivity index (χ0v) is 20.0. The lowest BCUT2D eigenvalue weighted by atomic mass is 9.92. The predicted octanol–water partition coefficient (Wildman–Crippen LogP) is 4.91. The van der Waals surface area contributed by atoms with Gasteiger partial charge in [-0.05, 0) is 63.8 Å². The Morgan fingerprint density at radius 1 is 1.19 bits per heavy atom. The largest absolute Gasteiger partial charge is 0.376 e. The van der Waals surface area contributed by atoms with Crippen LogP contribution in [0.5, 0.6) is 0 Å².